The third-order valence-electron chi connectivity index (χ3n) is 4.12. The second-order valence-corrected chi connectivity index (χ2v) is 6.50. The number of likely N-dealkylation sites (tertiary alicyclic amines) is 1. The van der Waals surface area contributed by atoms with E-state index in [0.717, 1.165) is 6.04 Å². The van der Waals surface area contributed by atoms with Crippen LogP contribution in [0.3, 0.4) is 0 Å². The molecule has 2 aliphatic rings. The van der Waals surface area contributed by atoms with Gasteiger partial charge in [0, 0.05) is 19.1 Å². The lowest BCUT2D eigenvalue weighted by atomic mass is 9.84. The predicted molar refractivity (Wildman–Crippen MR) is 69.7 cm³/mol. The molecule has 0 aromatic heterocycles. The van der Waals surface area contributed by atoms with Crippen molar-refractivity contribution in [1.29, 1.82) is 0 Å². The Morgan fingerprint density at radius 3 is 2.88 bits per heavy atom. The lowest BCUT2D eigenvalue weighted by Gasteiger charge is -2.39. The molecule has 2 aliphatic heterocycles. The van der Waals surface area contributed by atoms with Crippen molar-refractivity contribution in [1.82, 2.24) is 10.2 Å². The van der Waals surface area contributed by atoms with Crippen molar-refractivity contribution < 1.29 is 0 Å². The second-order valence-electron chi connectivity index (χ2n) is 6.50. The van der Waals surface area contributed by atoms with Gasteiger partial charge in [-0.1, -0.05) is 26.7 Å². The molecular formula is C14H28N2. The van der Waals surface area contributed by atoms with Crippen molar-refractivity contribution in [2.75, 3.05) is 26.2 Å². The highest BCUT2D eigenvalue weighted by Crippen LogP contribution is 2.28. The van der Waals surface area contributed by atoms with Gasteiger partial charge >= 0.3 is 0 Å². The molecule has 1 unspecified atom stereocenters. The molecule has 94 valence electrons. The molecule has 16 heavy (non-hydrogen) atoms. The van der Waals surface area contributed by atoms with Gasteiger partial charge in [0.2, 0.25) is 0 Å². The van der Waals surface area contributed by atoms with E-state index < -0.39 is 0 Å². The second kappa shape index (κ2) is 5.50. The van der Waals surface area contributed by atoms with E-state index in [1.54, 1.807) is 0 Å². The summed E-state index contributed by atoms with van der Waals surface area (Å²) in [5.74, 6) is 0. The number of nitrogens with one attached hydrogen (secondary N) is 1. The summed E-state index contributed by atoms with van der Waals surface area (Å²) >= 11 is 0. The molecule has 2 heteroatoms. The van der Waals surface area contributed by atoms with Crippen molar-refractivity contribution in [3.8, 4) is 0 Å². The first-order valence-electron chi connectivity index (χ1n) is 7.11. The summed E-state index contributed by atoms with van der Waals surface area (Å²) in [7, 11) is 0. The molecule has 2 rings (SSSR count). The standard InChI is InChI=1S/C14H28N2/c1-14(2)8-6-10-16(12-14)11-13-7-4-3-5-9-15-13/h13,15H,3-12H2,1-2H3. The number of hydrogen-bond donors (Lipinski definition) is 1. The zero-order valence-electron chi connectivity index (χ0n) is 11.1. The molecule has 0 aliphatic carbocycles. The first-order chi connectivity index (χ1) is 7.66. The maximum absolute atomic E-state index is 3.71. The maximum atomic E-state index is 3.71. The molecule has 0 spiro atoms. The molecule has 0 aromatic carbocycles. The lowest BCUT2D eigenvalue weighted by Crippen LogP contribution is -2.47. The van der Waals surface area contributed by atoms with Crippen LogP contribution < -0.4 is 5.32 Å². The van der Waals surface area contributed by atoms with E-state index in [4.69, 9.17) is 0 Å². The van der Waals surface area contributed by atoms with Crippen LogP contribution in [0.25, 0.3) is 0 Å². The molecule has 1 atom stereocenters. The first kappa shape index (κ1) is 12.4. The fraction of sp³-hybridized carbons (Fsp3) is 1.00. The molecule has 0 saturated carbocycles. The van der Waals surface area contributed by atoms with Gasteiger partial charge in [0.1, 0.15) is 0 Å². The summed E-state index contributed by atoms with van der Waals surface area (Å²) in [6.45, 7) is 9.97. The van der Waals surface area contributed by atoms with Crippen LogP contribution in [-0.4, -0.2) is 37.1 Å². The van der Waals surface area contributed by atoms with Crippen LogP contribution in [0.1, 0.15) is 52.4 Å². The summed E-state index contributed by atoms with van der Waals surface area (Å²) in [5.41, 5.74) is 0.545. The largest absolute Gasteiger partial charge is 0.313 e. The Morgan fingerprint density at radius 1 is 1.19 bits per heavy atom. The van der Waals surface area contributed by atoms with Crippen molar-refractivity contribution in [3.05, 3.63) is 0 Å². The van der Waals surface area contributed by atoms with E-state index in [0.29, 0.717) is 5.41 Å². The fourth-order valence-electron chi connectivity index (χ4n) is 3.27. The quantitative estimate of drug-likeness (QED) is 0.776. The summed E-state index contributed by atoms with van der Waals surface area (Å²) in [6.07, 6.45) is 8.41. The van der Waals surface area contributed by atoms with Crippen LogP contribution in [0, 0.1) is 5.41 Å². The summed E-state index contributed by atoms with van der Waals surface area (Å²) < 4.78 is 0. The Labute approximate surface area is 101 Å². The van der Waals surface area contributed by atoms with E-state index >= 15 is 0 Å². The van der Waals surface area contributed by atoms with Gasteiger partial charge in [-0.2, -0.15) is 0 Å². The Kier molecular flexibility index (Phi) is 4.26. The van der Waals surface area contributed by atoms with Gasteiger partial charge in [0.25, 0.3) is 0 Å². The molecule has 0 radical (unpaired) electrons. The van der Waals surface area contributed by atoms with E-state index in [9.17, 15) is 0 Å². The third kappa shape index (κ3) is 3.74. The molecule has 2 saturated heterocycles. The minimum Gasteiger partial charge on any atom is -0.313 e. The smallest absolute Gasteiger partial charge is 0.0195 e. The topological polar surface area (TPSA) is 15.3 Å². The maximum Gasteiger partial charge on any atom is 0.0195 e. The highest BCUT2D eigenvalue weighted by Gasteiger charge is 2.27. The van der Waals surface area contributed by atoms with E-state index in [2.05, 4.69) is 24.1 Å². The zero-order valence-corrected chi connectivity index (χ0v) is 11.1. The minimum atomic E-state index is 0.545. The molecule has 2 heterocycles. The highest BCUT2D eigenvalue weighted by atomic mass is 15.2. The van der Waals surface area contributed by atoms with E-state index in [1.165, 1.54) is 64.7 Å². The molecule has 0 bridgehead atoms. The SMILES string of the molecule is CC1(C)CCCN(CC2CCCCCN2)C1. The van der Waals surface area contributed by atoms with Crippen LogP contribution in [0.4, 0.5) is 0 Å². The highest BCUT2D eigenvalue weighted by molar-refractivity contribution is 4.83. The van der Waals surface area contributed by atoms with Crippen LogP contribution >= 0.6 is 0 Å². The fourth-order valence-corrected chi connectivity index (χ4v) is 3.27. The Balaban J connectivity index is 1.79. The number of nitrogens with zero attached hydrogens (tertiary/aromatic N) is 1. The Hall–Kier alpha value is -0.0800. The molecule has 2 nitrogen and oxygen atoms in total. The minimum absolute atomic E-state index is 0.545. The van der Waals surface area contributed by atoms with Crippen LogP contribution in [0.5, 0.6) is 0 Å². The van der Waals surface area contributed by atoms with Crippen molar-refractivity contribution in [3.63, 3.8) is 0 Å². The number of hydrogen-bond acceptors (Lipinski definition) is 2. The summed E-state index contributed by atoms with van der Waals surface area (Å²) in [4.78, 5) is 2.69. The molecule has 0 amide bonds. The summed E-state index contributed by atoms with van der Waals surface area (Å²) in [5, 5.41) is 3.71. The Morgan fingerprint density at radius 2 is 2.06 bits per heavy atom. The van der Waals surface area contributed by atoms with E-state index in [1.807, 2.05) is 0 Å². The van der Waals surface area contributed by atoms with Crippen LogP contribution in [0.2, 0.25) is 0 Å². The number of piperidine rings is 1. The third-order valence-corrected chi connectivity index (χ3v) is 4.12. The van der Waals surface area contributed by atoms with Crippen molar-refractivity contribution in [2.45, 2.75) is 58.4 Å². The van der Waals surface area contributed by atoms with Gasteiger partial charge in [-0.15, -0.1) is 0 Å². The van der Waals surface area contributed by atoms with Gasteiger partial charge in [0.05, 0.1) is 0 Å². The lowest BCUT2D eigenvalue weighted by molar-refractivity contribution is 0.107. The average Bonchev–Trinajstić information content (AvgIpc) is 2.45. The normalized spacial score (nSPS) is 32.2. The predicted octanol–water partition coefficient (Wildman–Crippen LogP) is 2.64. The van der Waals surface area contributed by atoms with Gasteiger partial charge in [0.15, 0.2) is 0 Å². The zero-order chi connectivity index (χ0) is 11.4. The number of rotatable bonds is 2. The van der Waals surface area contributed by atoms with Gasteiger partial charge in [-0.25, -0.2) is 0 Å². The van der Waals surface area contributed by atoms with E-state index in [-0.39, 0.29) is 0 Å². The molecule has 0 aromatic rings. The van der Waals surface area contributed by atoms with Crippen molar-refractivity contribution in [2.24, 2.45) is 5.41 Å². The first-order valence-corrected chi connectivity index (χ1v) is 7.11. The van der Waals surface area contributed by atoms with Gasteiger partial charge in [-0.05, 0) is 44.2 Å². The van der Waals surface area contributed by atoms with Gasteiger partial charge < -0.3 is 10.2 Å². The van der Waals surface area contributed by atoms with Gasteiger partial charge in [-0.3, -0.25) is 0 Å². The Bertz CT molecular complexity index is 205. The average molecular weight is 224 g/mol. The van der Waals surface area contributed by atoms with Crippen LogP contribution in [0.15, 0.2) is 0 Å². The molecular weight excluding hydrogens is 196 g/mol. The monoisotopic (exact) mass is 224 g/mol. The molecule has 1 N–H and O–H groups in total. The van der Waals surface area contributed by atoms with Crippen LogP contribution in [-0.2, 0) is 0 Å². The molecule has 2 fully saturated rings. The summed E-state index contributed by atoms with van der Waals surface area (Å²) in [6, 6.07) is 0.761. The van der Waals surface area contributed by atoms with Crippen molar-refractivity contribution >= 4 is 0 Å².